The SMILES string of the molecule is CCN1CCc2c(sc(NC(=O)c3cc4ccccc4cc3OC)c2-c2nc3ccccc3s2)C1. The number of hydrogen-bond acceptors (Lipinski definition) is 6. The molecule has 35 heavy (non-hydrogen) atoms. The number of carbonyl (C=O) groups is 1. The van der Waals surface area contributed by atoms with Gasteiger partial charge in [0, 0.05) is 23.5 Å². The highest BCUT2D eigenvalue weighted by atomic mass is 32.1. The lowest BCUT2D eigenvalue weighted by molar-refractivity contribution is 0.102. The second-order valence-corrected chi connectivity index (χ2v) is 10.8. The molecule has 0 aliphatic carbocycles. The average molecular weight is 500 g/mol. The van der Waals surface area contributed by atoms with E-state index >= 15 is 0 Å². The molecular formula is C28H25N3O2S2. The molecule has 0 atom stereocenters. The topological polar surface area (TPSA) is 54.5 Å². The van der Waals surface area contributed by atoms with Crippen LogP contribution in [-0.4, -0.2) is 36.0 Å². The quantitative estimate of drug-likeness (QED) is 0.288. The highest BCUT2D eigenvalue weighted by Crippen LogP contribution is 2.46. The molecule has 1 amide bonds. The number of nitrogens with one attached hydrogen (secondary N) is 1. The van der Waals surface area contributed by atoms with Crippen LogP contribution in [0.4, 0.5) is 5.00 Å². The number of nitrogens with zero attached hydrogens (tertiary/aromatic N) is 2. The molecule has 0 spiro atoms. The second-order valence-electron chi connectivity index (χ2n) is 8.67. The van der Waals surface area contributed by atoms with Gasteiger partial charge in [0.25, 0.3) is 5.91 Å². The van der Waals surface area contributed by atoms with Crippen LogP contribution in [0, 0.1) is 0 Å². The number of benzene rings is 3. The molecule has 6 rings (SSSR count). The molecule has 5 aromatic rings. The predicted octanol–water partition coefficient (Wildman–Crippen LogP) is 6.82. The molecule has 0 bridgehead atoms. The summed E-state index contributed by atoms with van der Waals surface area (Å²) in [5.74, 6) is 0.405. The van der Waals surface area contributed by atoms with Crippen molar-refractivity contribution in [2.45, 2.75) is 19.9 Å². The van der Waals surface area contributed by atoms with E-state index in [1.807, 2.05) is 54.6 Å². The summed E-state index contributed by atoms with van der Waals surface area (Å²) in [6.45, 7) is 5.14. The minimum atomic E-state index is -0.166. The molecule has 0 radical (unpaired) electrons. The van der Waals surface area contributed by atoms with Crippen molar-refractivity contribution in [3.63, 3.8) is 0 Å². The van der Waals surface area contributed by atoms with Gasteiger partial charge >= 0.3 is 0 Å². The van der Waals surface area contributed by atoms with E-state index in [2.05, 4.69) is 23.2 Å². The van der Waals surface area contributed by atoms with Crippen LogP contribution in [0.1, 0.15) is 27.7 Å². The summed E-state index contributed by atoms with van der Waals surface area (Å²) in [5, 5.41) is 7.13. The summed E-state index contributed by atoms with van der Waals surface area (Å²) < 4.78 is 6.76. The molecule has 3 aromatic carbocycles. The summed E-state index contributed by atoms with van der Waals surface area (Å²) in [7, 11) is 1.61. The number of carbonyl (C=O) groups excluding carboxylic acids is 1. The van der Waals surface area contributed by atoms with Crippen molar-refractivity contribution in [3.8, 4) is 16.3 Å². The Morgan fingerprint density at radius 3 is 2.63 bits per heavy atom. The van der Waals surface area contributed by atoms with Crippen molar-refractivity contribution < 1.29 is 9.53 Å². The van der Waals surface area contributed by atoms with E-state index in [9.17, 15) is 4.79 Å². The number of thiazole rings is 1. The fourth-order valence-corrected chi connectivity index (χ4v) is 7.15. The van der Waals surface area contributed by atoms with E-state index in [0.29, 0.717) is 11.3 Å². The van der Waals surface area contributed by atoms with Gasteiger partial charge in [0.2, 0.25) is 0 Å². The fraction of sp³-hybridized carbons (Fsp3) is 0.214. The third kappa shape index (κ3) is 3.99. The zero-order chi connectivity index (χ0) is 23.9. The molecule has 176 valence electrons. The lowest BCUT2D eigenvalue weighted by atomic mass is 10.0. The molecule has 0 saturated carbocycles. The van der Waals surface area contributed by atoms with Gasteiger partial charge in [-0.25, -0.2) is 4.98 Å². The Hall–Kier alpha value is -3.26. The minimum absolute atomic E-state index is 0.166. The third-order valence-electron chi connectivity index (χ3n) is 6.63. The average Bonchev–Trinajstić information content (AvgIpc) is 3.47. The number of thiophene rings is 1. The second kappa shape index (κ2) is 9.07. The van der Waals surface area contributed by atoms with E-state index in [1.54, 1.807) is 29.8 Å². The maximum absolute atomic E-state index is 13.6. The summed E-state index contributed by atoms with van der Waals surface area (Å²) >= 11 is 3.37. The summed E-state index contributed by atoms with van der Waals surface area (Å²) in [4.78, 5) is 22.3. The van der Waals surface area contributed by atoms with Crippen LogP contribution < -0.4 is 10.1 Å². The number of anilines is 1. The van der Waals surface area contributed by atoms with E-state index in [1.165, 1.54) is 10.4 Å². The van der Waals surface area contributed by atoms with E-state index in [-0.39, 0.29) is 5.91 Å². The Labute approximate surface area is 212 Å². The van der Waals surface area contributed by atoms with Crippen LogP contribution >= 0.6 is 22.7 Å². The summed E-state index contributed by atoms with van der Waals surface area (Å²) in [5.41, 5.74) is 3.92. The molecule has 5 nitrogen and oxygen atoms in total. The van der Waals surface area contributed by atoms with E-state index < -0.39 is 0 Å². The summed E-state index contributed by atoms with van der Waals surface area (Å²) in [6, 6.07) is 20.1. The number of ether oxygens (including phenoxy) is 1. The molecular weight excluding hydrogens is 474 g/mol. The highest BCUT2D eigenvalue weighted by Gasteiger charge is 2.28. The fourth-order valence-electron chi connectivity index (χ4n) is 4.76. The van der Waals surface area contributed by atoms with Gasteiger partial charge in [0.15, 0.2) is 0 Å². The predicted molar refractivity (Wildman–Crippen MR) is 146 cm³/mol. The first kappa shape index (κ1) is 22.2. The van der Waals surface area contributed by atoms with Gasteiger partial charge < -0.3 is 10.1 Å². The molecule has 1 aliphatic heterocycles. The Morgan fingerprint density at radius 2 is 1.86 bits per heavy atom. The van der Waals surface area contributed by atoms with Gasteiger partial charge in [-0.2, -0.15) is 0 Å². The lowest BCUT2D eigenvalue weighted by Gasteiger charge is -2.25. The molecule has 0 unspecified atom stereocenters. The Morgan fingerprint density at radius 1 is 1.09 bits per heavy atom. The first-order valence-electron chi connectivity index (χ1n) is 11.8. The van der Waals surface area contributed by atoms with Crippen molar-refractivity contribution in [2.75, 3.05) is 25.5 Å². The number of hydrogen-bond donors (Lipinski definition) is 1. The maximum atomic E-state index is 13.6. The molecule has 2 aromatic heterocycles. The van der Waals surface area contributed by atoms with Crippen molar-refractivity contribution in [1.82, 2.24) is 9.88 Å². The van der Waals surface area contributed by atoms with Gasteiger partial charge in [-0.05, 0) is 53.6 Å². The maximum Gasteiger partial charge on any atom is 0.260 e. The van der Waals surface area contributed by atoms with Crippen LogP contribution in [0.25, 0.3) is 31.6 Å². The number of para-hydroxylation sites is 1. The van der Waals surface area contributed by atoms with Crippen LogP contribution in [0.3, 0.4) is 0 Å². The van der Waals surface area contributed by atoms with Crippen LogP contribution in [0.5, 0.6) is 5.75 Å². The van der Waals surface area contributed by atoms with Crippen molar-refractivity contribution in [1.29, 1.82) is 0 Å². The van der Waals surface area contributed by atoms with Crippen LogP contribution in [-0.2, 0) is 13.0 Å². The number of amides is 1. The van der Waals surface area contributed by atoms with Crippen molar-refractivity contribution >= 4 is 54.6 Å². The normalized spacial score (nSPS) is 13.8. The van der Waals surface area contributed by atoms with Crippen molar-refractivity contribution in [3.05, 3.63) is 76.7 Å². The first-order chi connectivity index (χ1) is 17.1. The number of likely N-dealkylation sites (N-methyl/N-ethyl adjacent to an activating group) is 1. The monoisotopic (exact) mass is 499 g/mol. The highest BCUT2D eigenvalue weighted by molar-refractivity contribution is 7.23. The van der Waals surface area contributed by atoms with Gasteiger partial charge in [-0.3, -0.25) is 9.69 Å². The van der Waals surface area contributed by atoms with Gasteiger partial charge in [-0.15, -0.1) is 22.7 Å². The Balaban J connectivity index is 1.44. The van der Waals surface area contributed by atoms with E-state index in [0.717, 1.165) is 62.6 Å². The number of methoxy groups -OCH3 is 1. The Bertz CT molecular complexity index is 1540. The smallest absolute Gasteiger partial charge is 0.260 e. The zero-order valence-electron chi connectivity index (χ0n) is 19.6. The van der Waals surface area contributed by atoms with E-state index in [4.69, 9.17) is 9.72 Å². The molecule has 7 heteroatoms. The molecule has 3 heterocycles. The van der Waals surface area contributed by atoms with Crippen LogP contribution in [0.2, 0.25) is 0 Å². The molecule has 0 saturated heterocycles. The number of fused-ring (bicyclic) bond motifs is 3. The standard InChI is InChI=1S/C28H25N3O2S2/c1-3-31-13-12-19-24(16-31)35-28(25(19)27-29-21-10-6-7-11-23(21)34-27)30-26(32)20-14-17-8-4-5-9-18(17)15-22(20)33-2/h4-11,14-15H,3,12-13,16H2,1-2H3,(H,30,32). The van der Waals surface area contributed by atoms with Gasteiger partial charge in [-0.1, -0.05) is 43.3 Å². The van der Waals surface area contributed by atoms with Crippen LogP contribution in [0.15, 0.2) is 60.7 Å². The summed E-state index contributed by atoms with van der Waals surface area (Å²) in [6.07, 6.45) is 0.958. The van der Waals surface area contributed by atoms with Crippen molar-refractivity contribution in [2.24, 2.45) is 0 Å². The first-order valence-corrected chi connectivity index (χ1v) is 13.4. The number of aromatic nitrogens is 1. The van der Waals surface area contributed by atoms with Gasteiger partial charge in [0.05, 0.1) is 22.9 Å². The minimum Gasteiger partial charge on any atom is -0.496 e. The molecule has 0 fully saturated rings. The lowest BCUT2D eigenvalue weighted by Crippen LogP contribution is -2.29. The molecule has 1 aliphatic rings. The number of rotatable bonds is 5. The van der Waals surface area contributed by atoms with Gasteiger partial charge in [0.1, 0.15) is 15.8 Å². The molecule has 1 N–H and O–H groups in total. The Kier molecular flexibility index (Phi) is 5.76. The third-order valence-corrected chi connectivity index (χ3v) is 8.82. The largest absolute Gasteiger partial charge is 0.496 e. The zero-order valence-corrected chi connectivity index (χ0v) is 21.3.